The third kappa shape index (κ3) is 4.89. The lowest BCUT2D eigenvalue weighted by Crippen LogP contribution is -2.30. The summed E-state index contributed by atoms with van der Waals surface area (Å²) in [5.74, 6) is -0.558. The molecule has 0 bridgehead atoms. The predicted molar refractivity (Wildman–Crippen MR) is 111 cm³/mol. The molecule has 0 saturated heterocycles. The fourth-order valence-corrected chi connectivity index (χ4v) is 2.75. The number of aromatic nitrogens is 2. The highest BCUT2D eigenvalue weighted by molar-refractivity contribution is 6.30. The number of hydrogen-bond donors (Lipinski definition) is 2. The van der Waals surface area contributed by atoms with Crippen LogP contribution in [0.1, 0.15) is 10.4 Å². The van der Waals surface area contributed by atoms with Crippen LogP contribution in [-0.2, 0) is 11.8 Å². The molecular formula is C20H20ClN5O2. The lowest BCUT2D eigenvalue weighted by atomic mass is 10.1. The van der Waals surface area contributed by atoms with Gasteiger partial charge in [0.15, 0.2) is 0 Å². The number of amides is 2. The van der Waals surface area contributed by atoms with Gasteiger partial charge in [0.2, 0.25) is 5.91 Å². The first-order valence-corrected chi connectivity index (χ1v) is 8.96. The number of hydrogen-bond acceptors (Lipinski definition) is 4. The minimum atomic E-state index is -0.321. The first kappa shape index (κ1) is 19.4. The molecule has 3 aromatic rings. The highest BCUT2D eigenvalue weighted by Gasteiger charge is 2.15. The number of para-hydroxylation sites is 1. The van der Waals surface area contributed by atoms with Crippen LogP contribution in [0.15, 0.2) is 60.9 Å². The van der Waals surface area contributed by atoms with Gasteiger partial charge >= 0.3 is 0 Å². The number of carbonyl (C=O) groups is 2. The molecule has 0 fully saturated rings. The van der Waals surface area contributed by atoms with Gasteiger partial charge in [0.1, 0.15) is 0 Å². The Morgan fingerprint density at radius 3 is 2.50 bits per heavy atom. The minimum absolute atomic E-state index is 0.124. The van der Waals surface area contributed by atoms with Crippen molar-refractivity contribution in [3.63, 3.8) is 0 Å². The zero-order chi connectivity index (χ0) is 20.1. The number of carbonyl (C=O) groups excluding carboxylic acids is 2. The number of anilines is 3. The van der Waals surface area contributed by atoms with Gasteiger partial charge in [-0.15, -0.1) is 0 Å². The number of benzene rings is 2. The maximum atomic E-state index is 12.6. The van der Waals surface area contributed by atoms with Gasteiger partial charge in [-0.1, -0.05) is 23.7 Å². The number of likely N-dealkylation sites (N-methyl/N-ethyl adjacent to an activating group) is 1. The molecule has 0 aliphatic carbocycles. The molecule has 144 valence electrons. The Balaban J connectivity index is 1.68. The summed E-state index contributed by atoms with van der Waals surface area (Å²) in [4.78, 5) is 26.9. The third-order valence-electron chi connectivity index (χ3n) is 4.06. The normalized spacial score (nSPS) is 10.4. The van der Waals surface area contributed by atoms with Gasteiger partial charge in [-0.05, 0) is 36.4 Å². The van der Waals surface area contributed by atoms with Crippen LogP contribution in [0.3, 0.4) is 0 Å². The van der Waals surface area contributed by atoms with Crippen LogP contribution in [0.5, 0.6) is 0 Å². The van der Waals surface area contributed by atoms with Gasteiger partial charge in [0.05, 0.1) is 29.7 Å². The van der Waals surface area contributed by atoms with Crippen molar-refractivity contribution in [3.05, 3.63) is 71.5 Å². The quantitative estimate of drug-likeness (QED) is 0.668. The smallest absolute Gasteiger partial charge is 0.257 e. The average molecular weight is 398 g/mol. The molecule has 0 aliphatic heterocycles. The van der Waals surface area contributed by atoms with Crippen LogP contribution in [0, 0.1) is 0 Å². The highest BCUT2D eigenvalue weighted by atomic mass is 35.5. The number of aryl methyl sites for hydroxylation is 1. The topological polar surface area (TPSA) is 79.3 Å². The number of nitrogens with zero attached hydrogens (tertiary/aromatic N) is 3. The Hall–Kier alpha value is -3.32. The summed E-state index contributed by atoms with van der Waals surface area (Å²) in [5.41, 5.74) is 2.26. The maximum absolute atomic E-state index is 12.6. The van der Waals surface area contributed by atoms with Crippen molar-refractivity contribution in [3.8, 4) is 0 Å². The summed E-state index contributed by atoms with van der Waals surface area (Å²) >= 11 is 5.87. The Morgan fingerprint density at radius 1 is 1.11 bits per heavy atom. The first-order valence-electron chi connectivity index (χ1n) is 8.58. The third-order valence-corrected chi connectivity index (χ3v) is 4.31. The van der Waals surface area contributed by atoms with E-state index in [-0.39, 0.29) is 18.4 Å². The van der Waals surface area contributed by atoms with Crippen LogP contribution in [0.4, 0.5) is 17.1 Å². The van der Waals surface area contributed by atoms with Crippen molar-refractivity contribution >= 4 is 40.5 Å². The zero-order valence-corrected chi connectivity index (χ0v) is 16.3. The lowest BCUT2D eigenvalue weighted by molar-refractivity contribution is -0.114. The van der Waals surface area contributed by atoms with E-state index in [4.69, 9.17) is 11.6 Å². The molecule has 0 aliphatic rings. The molecule has 7 nitrogen and oxygen atoms in total. The van der Waals surface area contributed by atoms with E-state index in [1.165, 1.54) is 0 Å². The molecule has 0 atom stereocenters. The summed E-state index contributed by atoms with van der Waals surface area (Å²) in [6.45, 7) is 0.124. The Labute approximate surface area is 167 Å². The van der Waals surface area contributed by atoms with Gasteiger partial charge in [-0.25, -0.2) is 0 Å². The summed E-state index contributed by atoms with van der Waals surface area (Å²) in [5, 5.41) is 10.3. The summed E-state index contributed by atoms with van der Waals surface area (Å²) < 4.78 is 1.67. The van der Waals surface area contributed by atoms with E-state index in [2.05, 4.69) is 15.7 Å². The molecule has 8 heteroatoms. The first-order chi connectivity index (χ1) is 13.4. The summed E-state index contributed by atoms with van der Waals surface area (Å²) in [6, 6.07) is 13.7. The molecule has 0 saturated carbocycles. The molecule has 28 heavy (non-hydrogen) atoms. The van der Waals surface area contributed by atoms with Crippen LogP contribution in [0.2, 0.25) is 5.02 Å². The number of rotatable bonds is 6. The zero-order valence-electron chi connectivity index (χ0n) is 15.5. The second-order valence-corrected chi connectivity index (χ2v) is 6.72. The standard InChI is InChI=1S/C20H20ClN5O2/c1-25(16-11-22-26(2)12-16)13-19(27)24-18-6-4-3-5-17(18)20(28)23-15-9-7-14(21)8-10-15/h3-12H,13H2,1-2H3,(H,23,28)(H,24,27). The molecule has 1 heterocycles. The van der Waals surface area contributed by atoms with Crippen LogP contribution >= 0.6 is 11.6 Å². The fourth-order valence-electron chi connectivity index (χ4n) is 2.62. The molecule has 0 radical (unpaired) electrons. The molecule has 0 spiro atoms. The van der Waals surface area contributed by atoms with Crippen LogP contribution in [0.25, 0.3) is 0 Å². The van der Waals surface area contributed by atoms with Crippen LogP contribution in [-0.4, -0.2) is 35.2 Å². The lowest BCUT2D eigenvalue weighted by Gasteiger charge is -2.17. The average Bonchev–Trinajstić information content (AvgIpc) is 3.10. The van der Waals surface area contributed by atoms with Crippen LogP contribution < -0.4 is 15.5 Å². The molecule has 2 aromatic carbocycles. The number of nitrogens with one attached hydrogen (secondary N) is 2. The largest absolute Gasteiger partial charge is 0.363 e. The van der Waals surface area contributed by atoms with E-state index in [0.29, 0.717) is 22.0 Å². The van der Waals surface area contributed by atoms with Crippen molar-refractivity contribution in [2.75, 3.05) is 29.1 Å². The Kier molecular flexibility index (Phi) is 5.96. The van der Waals surface area contributed by atoms with Crippen molar-refractivity contribution in [1.82, 2.24) is 9.78 Å². The van der Waals surface area contributed by atoms with Crippen molar-refractivity contribution < 1.29 is 9.59 Å². The van der Waals surface area contributed by atoms with E-state index in [1.54, 1.807) is 71.4 Å². The minimum Gasteiger partial charge on any atom is -0.363 e. The molecule has 2 amide bonds. The van der Waals surface area contributed by atoms with Gasteiger partial charge in [0.25, 0.3) is 5.91 Å². The summed E-state index contributed by atoms with van der Waals surface area (Å²) in [7, 11) is 3.61. The molecule has 3 rings (SSSR count). The summed E-state index contributed by atoms with van der Waals surface area (Å²) in [6.07, 6.45) is 3.50. The van der Waals surface area contributed by atoms with Gasteiger partial charge in [-0.2, -0.15) is 5.10 Å². The number of halogens is 1. The van der Waals surface area contributed by atoms with Gasteiger partial charge < -0.3 is 15.5 Å². The molecule has 1 aromatic heterocycles. The predicted octanol–water partition coefficient (Wildman–Crippen LogP) is 3.40. The molecular weight excluding hydrogens is 378 g/mol. The second-order valence-electron chi connectivity index (χ2n) is 6.28. The molecule has 0 unspecified atom stereocenters. The monoisotopic (exact) mass is 397 g/mol. The van der Waals surface area contributed by atoms with Gasteiger partial charge in [0, 0.05) is 31.0 Å². The van der Waals surface area contributed by atoms with E-state index >= 15 is 0 Å². The van der Waals surface area contributed by atoms with E-state index < -0.39 is 0 Å². The van der Waals surface area contributed by atoms with Crippen molar-refractivity contribution in [2.24, 2.45) is 7.05 Å². The van der Waals surface area contributed by atoms with Crippen molar-refractivity contribution in [1.29, 1.82) is 0 Å². The fraction of sp³-hybridized carbons (Fsp3) is 0.150. The Bertz CT molecular complexity index is 984. The van der Waals surface area contributed by atoms with Crippen molar-refractivity contribution in [2.45, 2.75) is 0 Å². The SMILES string of the molecule is CN(CC(=O)Nc1ccccc1C(=O)Nc1ccc(Cl)cc1)c1cnn(C)c1. The maximum Gasteiger partial charge on any atom is 0.257 e. The van der Waals surface area contributed by atoms with Gasteiger partial charge in [-0.3, -0.25) is 14.3 Å². The highest BCUT2D eigenvalue weighted by Crippen LogP contribution is 2.19. The van der Waals surface area contributed by atoms with E-state index in [9.17, 15) is 9.59 Å². The molecule has 2 N–H and O–H groups in total. The van der Waals surface area contributed by atoms with E-state index in [0.717, 1.165) is 5.69 Å². The Morgan fingerprint density at radius 2 is 1.82 bits per heavy atom. The second kappa shape index (κ2) is 8.58. The van der Waals surface area contributed by atoms with E-state index in [1.807, 2.05) is 13.2 Å².